The Labute approximate surface area is 117 Å². The van der Waals surface area contributed by atoms with Gasteiger partial charge in [0, 0.05) is 5.56 Å². The maximum Gasteiger partial charge on any atom is 0.416 e. The van der Waals surface area contributed by atoms with E-state index < -0.39 is 17.6 Å². The minimum Gasteiger partial charge on any atom is -0.369 e. The van der Waals surface area contributed by atoms with E-state index in [0.29, 0.717) is 0 Å². The van der Waals surface area contributed by atoms with Gasteiger partial charge in [-0.1, -0.05) is 17.3 Å². The third-order valence-corrected chi connectivity index (χ3v) is 2.49. The van der Waals surface area contributed by atoms with Gasteiger partial charge >= 0.3 is 6.18 Å². The molecule has 0 saturated carbocycles. The molecule has 2 aromatic rings. The van der Waals surface area contributed by atoms with Gasteiger partial charge in [0.05, 0.1) is 18.7 Å². The van der Waals surface area contributed by atoms with Crippen LogP contribution >= 0.6 is 0 Å². The van der Waals surface area contributed by atoms with Crippen LogP contribution in [0.1, 0.15) is 11.5 Å². The second kappa shape index (κ2) is 5.92. The van der Waals surface area contributed by atoms with Crippen LogP contribution in [0.15, 0.2) is 28.8 Å². The van der Waals surface area contributed by atoms with E-state index in [0.717, 1.165) is 12.1 Å². The first-order chi connectivity index (χ1) is 9.86. The first-order valence-corrected chi connectivity index (χ1v) is 5.85. The number of amides is 1. The van der Waals surface area contributed by atoms with Crippen molar-refractivity contribution in [3.05, 3.63) is 35.7 Å². The SMILES string of the molecule is NC(=O)CNCc1nc(-c2cccc(C(F)(F)F)c2)no1. The third-order valence-electron chi connectivity index (χ3n) is 2.49. The van der Waals surface area contributed by atoms with Gasteiger partial charge in [0.15, 0.2) is 0 Å². The average Bonchev–Trinajstić information content (AvgIpc) is 2.86. The van der Waals surface area contributed by atoms with Crippen molar-refractivity contribution in [2.24, 2.45) is 5.73 Å². The zero-order valence-corrected chi connectivity index (χ0v) is 10.6. The molecule has 0 fully saturated rings. The number of carbonyl (C=O) groups excluding carboxylic acids is 1. The number of nitrogens with zero attached hydrogens (tertiary/aromatic N) is 2. The van der Waals surface area contributed by atoms with E-state index in [4.69, 9.17) is 10.3 Å². The molecular weight excluding hydrogens is 289 g/mol. The Morgan fingerprint density at radius 2 is 2.14 bits per heavy atom. The Kier molecular flexibility index (Phi) is 4.22. The van der Waals surface area contributed by atoms with Crippen LogP contribution in [-0.2, 0) is 17.5 Å². The lowest BCUT2D eigenvalue weighted by atomic mass is 10.1. The summed E-state index contributed by atoms with van der Waals surface area (Å²) < 4.78 is 42.7. The van der Waals surface area contributed by atoms with Crippen molar-refractivity contribution in [1.29, 1.82) is 0 Å². The summed E-state index contributed by atoms with van der Waals surface area (Å²) in [6.07, 6.45) is -4.44. The summed E-state index contributed by atoms with van der Waals surface area (Å²) in [6, 6.07) is 4.60. The fourth-order valence-electron chi connectivity index (χ4n) is 1.57. The molecule has 0 atom stereocenters. The number of nitrogens with one attached hydrogen (secondary N) is 1. The highest BCUT2D eigenvalue weighted by molar-refractivity contribution is 5.75. The Morgan fingerprint density at radius 1 is 1.38 bits per heavy atom. The minimum absolute atomic E-state index is 0.0389. The van der Waals surface area contributed by atoms with Crippen LogP contribution in [0, 0.1) is 0 Å². The second-order valence-corrected chi connectivity index (χ2v) is 4.16. The van der Waals surface area contributed by atoms with Gasteiger partial charge in [0.25, 0.3) is 0 Å². The molecule has 0 aliphatic carbocycles. The molecule has 9 heteroatoms. The van der Waals surface area contributed by atoms with Gasteiger partial charge in [0.2, 0.25) is 17.6 Å². The number of carbonyl (C=O) groups is 1. The van der Waals surface area contributed by atoms with Crippen molar-refractivity contribution in [2.75, 3.05) is 6.54 Å². The summed E-state index contributed by atoms with van der Waals surface area (Å²) in [5.74, 6) is -0.367. The molecule has 3 N–H and O–H groups in total. The topological polar surface area (TPSA) is 94.0 Å². The quantitative estimate of drug-likeness (QED) is 0.868. The van der Waals surface area contributed by atoms with E-state index in [1.165, 1.54) is 12.1 Å². The molecule has 1 heterocycles. The van der Waals surface area contributed by atoms with E-state index in [1.807, 2.05) is 0 Å². The van der Waals surface area contributed by atoms with Gasteiger partial charge in [0.1, 0.15) is 0 Å². The second-order valence-electron chi connectivity index (χ2n) is 4.16. The van der Waals surface area contributed by atoms with E-state index in [9.17, 15) is 18.0 Å². The van der Waals surface area contributed by atoms with Crippen LogP contribution in [0.5, 0.6) is 0 Å². The van der Waals surface area contributed by atoms with Crippen molar-refractivity contribution in [2.45, 2.75) is 12.7 Å². The molecule has 2 rings (SSSR count). The molecular formula is C12H11F3N4O2. The monoisotopic (exact) mass is 300 g/mol. The smallest absolute Gasteiger partial charge is 0.369 e. The van der Waals surface area contributed by atoms with Crippen LogP contribution < -0.4 is 11.1 Å². The average molecular weight is 300 g/mol. The van der Waals surface area contributed by atoms with Gasteiger partial charge in [-0.2, -0.15) is 18.2 Å². The number of nitrogens with two attached hydrogens (primary N) is 1. The van der Waals surface area contributed by atoms with Crippen molar-refractivity contribution < 1.29 is 22.5 Å². The Hall–Kier alpha value is -2.42. The highest BCUT2D eigenvalue weighted by atomic mass is 19.4. The van der Waals surface area contributed by atoms with E-state index >= 15 is 0 Å². The predicted octanol–water partition coefficient (Wildman–Crippen LogP) is 1.33. The number of rotatable bonds is 5. The predicted molar refractivity (Wildman–Crippen MR) is 65.6 cm³/mol. The summed E-state index contributed by atoms with van der Waals surface area (Å²) in [5.41, 5.74) is 4.33. The maximum absolute atomic E-state index is 12.6. The summed E-state index contributed by atoms with van der Waals surface area (Å²) in [7, 11) is 0. The molecule has 0 unspecified atom stereocenters. The first-order valence-electron chi connectivity index (χ1n) is 5.85. The van der Waals surface area contributed by atoms with Gasteiger partial charge in [-0.05, 0) is 12.1 Å². The van der Waals surface area contributed by atoms with Crippen molar-refractivity contribution in [3.8, 4) is 11.4 Å². The molecule has 0 spiro atoms. The summed E-state index contributed by atoms with van der Waals surface area (Å²) >= 11 is 0. The molecule has 6 nitrogen and oxygen atoms in total. The van der Waals surface area contributed by atoms with Crippen LogP contribution in [0.2, 0.25) is 0 Å². The van der Waals surface area contributed by atoms with E-state index in [1.54, 1.807) is 0 Å². The number of hydrogen-bond acceptors (Lipinski definition) is 5. The lowest BCUT2D eigenvalue weighted by Gasteiger charge is -2.06. The number of benzene rings is 1. The molecule has 1 aromatic carbocycles. The number of primary amides is 1. The molecule has 0 aliphatic heterocycles. The number of alkyl halides is 3. The summed E-state index contributed by atoms with van der Waals surface area (Å²) in [4.78, 5) is 14.5. The molecule has 0 radical (unpaired) electrons. The Balaban J connectivity index is 2.12. The van der Waals surface area contributed by atoms with E-state index in [2.05, 4.69) is 15.5 Å². The standard InChI is InChI=1S/C12H11F3N4O2/c13-12(14,15)8-3-1-2-7(4-8)11-18-10(21-19-11)6-17-5-9(16)20/h1-4,17H,5-6H2,(H2,16,20). The minimum atomic E-state index is -4.44. The van der Waals surface area contributed by atoms with Crippen molar-refractivity contribution in [1.82, 2.24) is 15.5 Å². The van der Waals surface area contributed by atoms with Crippen LogP contribution in [-0.4, -0.2) is 22.6 Å². The highest BCUT2D eigenvalue weighted by Gasteiger charge is 2.30. The lowest BCUT2D eigenvalue weighted by Crippen LogP contribution is -2.28. The van der Waals surface area contributed by atoms with Gasteiger partial charge in [-0.15, -0.1) is 0 Å². The fourth-order valence-corrected chi connectivity index (χ4v) is 1.57. The van der Waals surface area contributed by atoms with Crippen molar-refractivity contribution in [3.63, 3.8) is 0 Å². The van der Waals surface area contributed by atoms with Crippen LogP contribution in [0.3, 0.4) is 0 Å². The molecule has 21 heavy (non-hydrogen) atoms. The normalized spacial score (nSPS) is 11.6. The molecule has 0 aliphatic rings. The molecule has 0 bridgehead atoms. The Morgan fingerprint density at radius 3 is 2.81 bits per heavy atom. The summed E-state index contributed by atoms with van der Waals surface area (Å²) in [5, 5.41) is 6.25. The Bertz CT molecular complexity index is 639. The third kappa shape index (κ3) is 4.02. The lowest BCUT2D eigenvalue weighted by molar-refractivity contribution is -0.137. The van der Waals surface area contributed by atoms with Crippen LogP contribution in [0.25, 0.3) is 11.4 Å². The molecule has 1 aromatic heterocycles. The van der Waals surface area contributed by atoms with Crippen LogP contribution in [0.4, 0.5) is 13.2 Å². The van der Waals surface area contributed by atoms with Crippen molar-refractivity contribution >= 4 is 5.91 Å². The van der Waals surface area contributed by atoms with Gasteiger partial charge < -0.3 is 10.3 Å². The zero-order chi connectivity index (χ0) is 15.5. The number of halogens is 3. The highest BCUT2D eigenvalue weighted by Crippen LogP contribution is 2.31. The molecule has 112 valence electrons. The number of aromatic nitrogens is 2. The van der Waals surface area contributed by atoms with Gasteiger partial charge in [-0.25, -0.2) is 0 Å². The fraction of sp³-hybridized carbons (Fsp3) is 0.250. The molecule has 1 amide bonds. The first kappa shape index (κ1) is 15.0. The largest absolute Gasteiger partial charge is 0.416 e. The summed E-state index contributed by atoms with van der Waals surface area (Å²) in [6.45, 7) is 0.0240. The van der Waals surface area contributed by atoms with Gasteiger partial charge in [-0.3, -0.25) is 10.1 Å². The number of hydrogen-bond donors (Lipinski definition) is 2. The molecule has 0 saturated heterocycles. The zero-order valence-electron chi connectivity index (χ0n) is 10.6. The van der Waals surface area contributed by atoms with E-state index in [-0.39, 0.29) is 30.4 Å². The maximum atomic E-state index is 12.6.